The molecule has 1 amide bonds. The zero-order valence-electron chi connectivity index (χ0n) is 18.3. The van der Waals surface area contributed by atoms with E-state index in [0.29, 0.717) is 41.7 Å². The van der Waals surface area contributed by atoms with Crippen molar-refractivity contribution in [2.45, 2.75) is 26.3 Å². The number of rotatable bonds is 5. The summed E-state index contributed by atoms with van der Waals surface area (Å²) in [5.74, 6) is 0.712. The van der Waals surface area contributed by atoms with Crippen molar-refractivity contribution in [1.82, 2.24) is 0 Å². The van der Waals surface area contributed by atoms with Crippen LogP contribution in [-0.4, -0.2) is 30.0 Å². The maximum atomic E-state index is 13.2. The highest BCUT2D eigenvalue weighted by molar-refractivity contribution is 6.51. The first kappa shape index (κ1) is 20.9. The number of fused-ring (bicyclic) bond motifs is 1. The van der Waals surface area contributed by atoms with Gasteiger partial charge in [0.2, 0.25) is 0 Å². The van der Waals surface area contributed by atoms with Gasteiger partial charge in [-0.15, -0.1) is 0 Å². The predicted octanol–water partition coefficient (Wildman–Crippen LogP) is 4.55. The molecule has 0 radical (unpaired) electrons. The number of aliphatic hydroxyl groups excluding tert-OH is 1. The number of benzene rings is 2. The Morgan fingerprint density at radius 3 is 2.61 bits per heavy atom. The average Bonchev–Trinajstić information content (AvgIpc) is 3.52. The second-order valence-corrected chi connectivity index (χ2v) is 7.97. The van der Waals surface area contributed by atoms with Crippen LogP contribution in [0.3, 0.4) is 0 Å². The van der Waals surface area contributed by atoms with E-state index in [1.54, 1.807) is 61.5 Å². The Morgan fingerprint density at radius 2 is 1.91 bits per heavy atom. The lowest BCUT2D eigenvalue weighted by atomic mass is 9.98. The molecule has 1 aromatic heterocycles. The van der Waals surface area contributed by atoms with Crippen molar-refractivity contribution in [3.8, 4) is 11.5 Å². The first-order chi connectivity index (χ1) is 16.0. The molecule has 0 saturated carbocycles. The summed E-state index contributed by atoms with van der Waals surface area (Å²) in [5, 5.41) is 11.2. The molecule has 168 valence electrons. The molecule has 7 nitrogen and oxygen atoms in total. The van der Waals surface area contributed by atoms with Gasteiger partial charge < -0.3 is 19.0 Å². The molecule has 3 aromatic rings. The summed E-state index contributed by atoms with van der Waals surface area (Å²) < 4.78 is 16.9. The van der Waals surface area contributed by atoms with Crippen LogP contribution in [0.2, 0.25) is 0 Å². The van der Waals surface area contributed by atoms with Crippen molar-refractivity contribution >= 4 is 23.1 Å². The van der Waals surface area contributed by atoms with Gasteiger partial charge in [0, 0.05) is 17.7 Å². The van der Waals surface area contributed by atoms with Gasteiger partial charge in [-0.25, -0.2) is 0 Å². The highest BCUT2D eigenvalue weighted by Crippen LogP contribution is 2.43. The Hall–Kier alpha value is -4.00. The number of Topliss-reactive ketones (excluding diaryl/α,β-unsaturated/α-hetero) is 1. The third-order valence-corrected chi connectivity index (χ3v) is 5.86. The highest BCUT2D eigenvalue weighted by Gasteiger charge is 2.48. The number of aliphatic hydroxyl groups is 1. The first-order valence-electron chi connectivity index (χ1n) is 10.8. The summed E-state index contributed by atoms with van der Waals surface area (Å²) in [6, 6.07) is 14.7. The molecule has 1 fully saturated rings. The van der Waals surface area contributed by atoms with Gasteiger partial charge in [0.1, 0.15) is 34.8 Å². The molecule has 2 aromatic carbocycles. The molecule has 33 heavy (non-hydrogen) atoms. The molecular weight excluding hydrogens is 422 g/mol. The lowest BCUT2D eigenvalue weighted by Gasteiger charge is -2.23. The predicted molar refractivity (Wildman–Crippen MR) is 121 cm³/mol. The van der Waals surface area contributed by atoms with Crippen molar-refractivity contribution in [2.75, 3.05) is 18.1 Å². The number of aryl methyl sites for hydroxylation is 1. The van der Waals surface area contributed by atoms with Crippen molar-refractivity contribution in [2.24, 2.45) is 0 Å². The van der Waals surface area contributed by atoms with E-state index < -0.39 is 17.7 Å². The van der Waals surface area contributed by atoms with Crippen molar-refractivity contribution in [3.05, 3.63) is 82.8 Å². The summed E-state index contributed by atoms with van der Waals surface area (Å²) in [6.45, 7) is 4.76. The standard InChI is InChI=1S/C26H23NO6/c1-3-31-19-8-6-18(7-9-19)27-23(21-10-4-15(2)33-21)22(25(29)26(27)30)24(28)17-5-11-20-16(14-17)12-13-32-20/h4-11,14,23,28H,3,12-13H2,1-2H3/b24-22-. The van der Waals surface area contributed by atoms with Crippen LogP contribution in [0.15, 0.2) is 64.6 Å². The molecule has 1 unspecified atom stereocenters. The minimum absolute atomic E-state index is 0.0119. The van der Waals surface area contributed by atoms with E-state index in [2.05, 4.69) is 0 Å². The van der Waals surface area contributed by atoms with Crippen LogP contribution in [0.1, 0.15) is 35.6 Å². The van der Waals surface area contributed by atoms with Crippen LogP contribution in [0.25, 0.3) is 5.76 Å². The minimum atomic E-state index is -0.902. The van der Waals surface area contributed by atoms with E-state index in [-0.39, 0.29) is 11.3 Å². The molecule has 1 N–H and O–H groups in total. The number of ketones is 1. The van der Waals surface area contributed by atoms with Crippen LogP contribution < -0.4 is 14.4 Å². The van der Waals surface area contributed by atoms with Gasteiger partial charge in [0.05, 0.1) is 18.8 Å². The molecule has 0 spiro atoms. The second-order valence-electron chi connectivity index (χ2n) is 7.97. The second kappa shape index (κ2) is 8.16. The van der Waals surface area contributed by atoms with Gasteiger partial charge in [-0.3, -0.25) is 14.5 Å². The zero-order valence-corrected chi connectivity index (χ0v) is 18.3. The fourth-order valence-electron chi connectivity index (χ4n) is 4.33. The maximum absolute atomic E-state index is 13.2. The molecule has 0 aliphatic carbocycles. The zero-order chi connectivity index (χ0) is 23.1. The van der Waals surface area contributed by atoms with Gasteiger partial charge in [-0.1, -0.05) is 0 Å². The number of carbonyl (C=O) groups is 2. The summed E-state index contributed by atoms with van der Waals surface area (Å²) >= 11 is 0. The molecule has 5 rings (SSSR count). The fourth-order valence-corrected chi connectivity index (χ4v) is 4.33. The average molecular weight is 445 g/mol. The monoisotopic (exact) mass is 445 g/mol. The van der Waals surface area contributed by atoms with E-state index in [1.165, 1.54) is 4.90 Å². The Labute approximate surface area is 190 Å². The van der Waals surface area contributed by atoms with Crippen LogP contribution in [-0.2, 0) is 16.0 Å². The summed E-state index contributed by atoms with van der Waals surface area (Å²) in [4.78, 5) is 27.7. The molecule has 7 heteroatoms. The number of ether oxygens (including phenoxy) is 2. The molecule has 1 atom stereocenters. The molecule has 0 bridgehead atoms. The number of carbonyl (C=O) groups excluding carboxylic acids is 2. The molecule has 3 heterocycles. The number of anilines is 1. The molecule has 1 saturated heterocycles. The normalized spacial score (nSPS) is 19.0. The Morgan fingerprint density at radius 1 is 1.12 bits per heavy atom. The molecular formula is C26H23NO6. The van der Waals surface area contributed by atoms with Gasteiger partial charge in [-0.05, 0) is 74.0 Å². The highest BCUT2D eigenvalue weighted by atomic mass is 16.5. The largest absolute Gasteiger partial charge is 0.507 e. The van der Waals surface area contributed by atoms with Crippen molar-refractivity contribution in [1.29, 1.82) is 0 Å². The van der Waals surface area contributed by atoms with Gasteiger partial charge >= 0.3 is 0 Å². The Kier molecular flexibility index (Phi) is 5.17. The smallest absolute Gasteiger partial charge is 0.300 e. The van der Waals surface area contributed by atoms with E-state index in [0.717, 1.165) is 17.7 Å². The number of hydrogen-bond acceptors (Lipinski definition) is 6. The van der Waals surface area contributed by atoms with Gasteiger partial charge in [-0.2, -0.15) is 0 Å². The van der Waals surface area contributed by atoms with Gasteiger partial charge in [0.25, 0.3) is 11.7 Å². The number of amides is 1. The topological polar surface area (TPSA) is 89.2 Å². The van der Waals surface area contributed by atoms with Crippen molar-refractivity contribution < 1.29 is 28.6 Å². The van der Waals surface area contributed by atoms with Crippen LogP contribution >= 0.6 is 0 Å². The molecule has 2 aliphatic rings. The number of hydrogen-bond donors (Lipinski definition) is 1. The van der Waals surface area contributed by atoms with Crippen LogP contribution in [0.5, 0.6) is 11.5 Å². The lowest BCUT2D eigenvalue weighted by molar-refractivity contribution is -0.132. The SMILES string of the molecule is CCOc1ccc(N2C(=O)C(=O)/C(=C(\O)c3ccc4c(c3)CCO4)C2c2ccc(C)o2)cc1. The van der Waals surface area contributed by atoms with Crippen LogP contribution in [0.4, 0.5) is 5.69 Å². The van der Waals surface area contributed by atoms with E-state index >= 15 is 0 Å². The summed E-state index contributed by atoms with van der Waals surface area (Å²) in [5.41, 5.74) is 1.89. The third kappa shape index (κ3) is 3.55. The first-order valence-corrected chi connectivity index (χ1v) is 10.8. The van der Waals surface area contributed by atoms with E-state index in [9.17, 15) is 14.7 Å². The van der Waals surface area contributed by atoms with Crippen LogP contribution in [0, 0.1) is 6.92 Å². The summed E-state index contributed by atoms with van der Waals surface area (Å²) in [6.07, 6.45) is 0.720. The number of nitrogens with zero attached hydrogens (tertiary/aromatic N) is 1. The minimum Gasteiger partial charge on any atom is -0.507 e. The Bertz CT molecular complexity index is 1270. The van der Waals surface area contributed by atoms with Crippen molar-refractivity contribution in [3.63, 3.8) is 0 Å². The number of furan rings is 1. The lowest BCUT2D eigenvalue weighted by Crippen LogP contribution is -2.29. The summed E-state index contributed by atoms with van der Waals surface area (Å²) in [7, 11) is 0. The fraction of sp³-hybridized carbons (Fsp3) is 0.231. The maximum Gasteiger partial charge on any atom is 0.300 e. The quantitative estimate of drug-likeness (QED) is 0.352. The van der Waals surface area contributed by atoms with E-state index in [1.807, 2.05) is 6.92 Å². The van der Waals surface area contributed by atoms with E-state index in [4.69, 9.17) is 13.9 Å². The third-order valence-electron chi connectivity index (χ3n) is 5.86. The Balaban J connectivity index is 1.64. The van der Waals surface area contributed by atoms with Gasteiger partial charge in [0.15, 0.2) is 0 Å². The molecule has 2 aliphatic heterocycles.